The molecule has 17 atom stereocenters. The molecule has 376 valence electrons. The topological polar surface area (TPSA) is 307 Å². The zero-order valence-corrected chi connectivity index (χ0v) is 37.9. The van der Waals surface area contributed by atoms with Crippen molar-refractivity contribution in [1.82, 2.24) is 5.32 Å². The molecule has 0 bridgehead atoms. The van der Waals surface area contributed by atoms with Crippen LogP contribution in [0.3, 0.4) is 0 Å². The summed E-state index contributed by atoms with van der Waals surface area (Å²) in [5.74, 6) is -0.310. The fourth-order valence-corrected chi connectivity index (χ4v) is 7.60. The monoisotopic (exact) mass is 934 g/mol. The second-order valence-electron chi connectivity index (χ2n) is 16.8. The number of carbonyl (C=O) groups excluding carboxylic acids is 1. The van der Waals surface area contributed by atoms with Crippen LogP contribution in [0.5, 0.6) is 0 Å². The maximum Gasteiger partial charge on any atom is 0.220 e. The predicted molar refractivity (Wildman–Crippen MR) is 235 cm³/mol. The lowest BCUT2D eigenvalue weighted by molar-refractivity contribution is -0.379. The summed E-state index contributed by atoms with van der Waals surface area (Å²) < 4.78 is 33.9. The first-order valence-electron chi connectivity index (χ1n) is 23.4. The molecular formula is C46H79NO18. The Labute approximate surface area is 383 Å². The molecule has 65 heavy (non-hydrogen) atoms. The Kier molecular flexibility index (Phi) is 27.9. The third kappa shape index (κ3) is 18.6. The quantitative estimate of drug-likeness (QED) is 0.0334. The summed E-state index contributed by atoms with van der Waals surface area (Å²) in [5, 5.41) is 119. The zero-order valence-electron chi connectivity index (χ0n) is 37.9. The molecule has 0 aromatic heterocycles. The maximum absolute atomic E-state index is 13.1. The van der Waals surface area contributed by atoms with E-state index in [1.54, 1.807) is 12.2 Å². The molecule has 0 saturated carbocycles. The molecule has 12 N–H and O–H groups in total. The normalized spacial score (nSPS) is 34.6. The van der Waals surface area contributed by atoms with Crippen molar-refractivity contribution in [2.24, 2.45) is 0 Å². The van der Waals surface area contributed by atoms with Crippen molar-refractivity contribution in [2.45, 2.75) is 208 Å². The van der Waals surface area contributed by atoms with Gasteiger partial charge in [0, 0.05) is 6.42 Å². The van der Waals surface area contributed by atoms with E-state index in [1.807, 2.05) is 0 Å². The van der Waals surface area contributed by atoms with Crippen LogP contribution in [0.25, 0.3) is 0 Å². The van der Waals surface area contributed by atoms with Gasteiger partial charge in [0.2, 0.25) is 5.91 Å². The number of hydrogen-bond donors (Lipinski definition) is 12. The van der Waals surface area contributed by atoms with Gasteiger partial charge in [-0.1, -0.05) is 94.6 Å². The predicted octanol–water partition coefficient (Wildman–Crippen LogP) is 0.0230. The molecule has 1 amide bonds. The smallest absolute Gasteiger partial charge is 0.220 e. The van der Waals surface area contributed by atoms with Gasteiger partial charge in [-0.25, -0.2) is 0 Å². The van der Waals surface area contributed by atoms with Gasteiger partial charge in [-0.2, -0.15) is 0 Å². The van der Waals surface area contributed by atoms with Gasteiger partial charge in [-0.3, -0.25) is 4.79 Å². The Morgan fingerprint density at radius 3 is 1.63 bits per heavy atom. The van der Waals surface area contributed by atoms with E-state index in [2.05, 4.69) is 55.6 Å². The van der Waals surface area contributed by atoms with Gasteiger partial charge in [-0.05, 0) is 51.4 Å². The molecule has 0 spiro atoms. The number of hydrogen-bond acceptors (Lipinski definition) is 18. The van der Waals surface area contributed by atoms with Crippen molar-refractivity contribution in [3.8, 4) is 0 Å². The largest absolute Gasteiger partial charge is 0.394 e. The average Bonchev–Trinajstić information content (AvgIpc) is 3.30. The summed E-state index contributed by atoms with van der Waals surface area (Å²) in [6.07, 6.45) is 1.75. The van der Waals surface area contributed by atoms with Crippen LogP contribution in [0.1, 0.15) is 104 Å². The fourth-order valence-electron chi connectivity index (χ4n) is 7.60. The van der Waals surface area contributed by atoms with Gasteiger partial charge < -0.3 is 89.9 Å². The van der Waals surface area contributed by atoms with Crippen molar-refractivity contribution >= 4 is 5.91 Å². The minimum atomic E-state index is -1.98. The summed E-state index contributed by atoms with van der Waals surface area (Å²) in [6, 6.07) is -0.992. The second-order valence-corrected chi connectivity index (χ2v) is 16.8. The van der Waals surface area contributed by atoms with Crippen molar-refractivity contribution < 1.29 is 89.4 Å². The molecule has 3 aliphatic heterocycles. The molecule has 0 aromatic rings. The molecule has 19 heteroatoms. The fraction of sp³-hybridized carbons (Fsp3) is 0.804. The molecule has 0 aliphatic carbocycles. The first kappa shape index (κ1) is 57.1. The number of allylic oxidation sites excluding steroid dienone is 7. The van der Waals surface area contributed by atoms with Gasteiger partial charge in [0.25, 0.3) is 0 Å². The van der Waals surface area contributed by atoms with E-state index < -0.39 is 124 Å². The SMILES string of the molecule is CCC/C=C\C/C=C\CCCCCCCC(=O)NC(COC1OC(CO)C(OC2OC(CO)C(OC3OC(CO)C(O)C(O)C3O)C(O)C2O)C(O)C1O)C(O)/C=C/CC/C=C/CCC. The summed E-state index contributed by atoms with van der Waals surface area (Å²) in [6.45, 7) is 1.43. The van der Waals surface area contributed by atoms with Crippen LogP contribution in [-0.4, -0.2) is 193 Å². The molecule has 3 saturated heterocycles. The number of unbranched alkanes of at least 4 members (excludes halogenated alkanes) is 8. The van der Waals surface area contributed by atoms with E-state index in [0.717, 1.165) is 70.6 Å². The summed E-state index contributed by atoms with van der Waals surface area (Å²) in [4.78, 5) is 13.1. The Hall–Kier alpha value is -2.25. The van der Waals surface area contributed by atoms with Crippen molar-refractivity contribution in [3.05, 3.63) is 48.6 Å². The highest BCUT2D eigenvalue weighted by molar-refractivity contribution is 5.76. The van der Waals surface area contributed by atoms with Gasteiger partial charge in [0.05, 0.1) is 38.6 Å². The number of carbonyl (C=O) groups is 1. The molecule has 3 rings (SSSR count). The number of nitrogens with one attached hydrogen (secondary N) is 1. The second kappa shape index (κ2) is 31.7. The Bertz CT molecular complexity index is 1400. The van der Waals surface area contributed by atoms with Crippen LogP contribution in [0.15, 0.2) is 48.6 Å². The van der Waals surface area contributed by atoms with Gasteiger partial charge in [-0.15, -0.1) is 0 Å². The number of aliphatic hydroxyl groups excluding tert-OH is 11. The van der Waals surface area contributed by atoms with E-state index in [4.69, 9.17) is 28.4 Å². The molecule has 19 nitrogen and oxygen atoms in total. The van der Waals surface area contributed by atoms with Crippen molar-refractivity contribution in [1.29, 1.82) is 0 Å². The molecule has 0 aromatic carbocycles. The van der Waals surface area contributed by atoms with Crippen LogP contribution in [0.2, 0.25) is 0 Å². The Morgan fingerprint density at radius 2 is 1.03 bits per heavy atom. The molecule has 3 heterocycles. The minimum absolute atomic E-state index is 0.216. The number of rotatable bonds is 30. The van der Waals surface area contributed by atoms with Gasteiger partial charge in [0.1, 0.15) is 73.2 Å². The summed E-state index contributed by atoms with van der Waals surface area (Å²) >= 11 is 0. The van der Waals surface area contributed by atoms with Crippen molar-refractivity contribution in [2.75, 3.05) is 26.4 Å². The highest BCUT2D eigenvalue weighted by Gasteiger charge is 2.53. The standard InChI is InChI=1S/C46H79NO18/c1-3-5-7-9-11-12-13-14-15-16-18-20-22-24-34(52)47-29(30(51)23-21-19-17-10-8-6-4-2)28-60-44-40(58)37(55)42(32(26-49)62-44)65-46-41(59)38(56)43(33(27-50)63-46)64-45-39(57)36(54)35(53)31(25-48)61-45/h7-10,12-13,21,23,29-33,35-46,48-51,53-59H,3-6,11,14-20,22,24-28H2,1-2H3,(H,47,52)/b9-7-,10-8+,13-12-,23-21+. The lowest BCUT2D eigenvalue weighted by Crippen LogP contribution is -2.66. The van der Waals surface area contributed by atoms with Crippen LogP contribution in [0, 0.1) is 0 Å². The number of aliphatic hydroxyl groups is 11. The first-order valence-corrected chi connectivity index (χ1v) is 23.4. The average molecular weight is 934 g/mol. The highest BCUT2D eigenvalue weighted by atomic mass is 16.8. The first-order chi connectivity index (χ1) is 31.3. The highest BCUT2D eigenvalue weighted by Crippen LogP contribution is 2.33. The van der Waals surface area contributed by atoms with E-state index in [9.17, 15) is 61.0 Å². The molecule has 3 fully saturated rings. The van der Waals surface area contributed by atoms with E-state index in [1.165, 1.54) is 0 Å². The summed E-state index contributed by atoms with van der Waals surface area (Å²) in [7, 11) is 0. The number of ether oxygens (including phenoxy) is 6. The lowest BCUT2D eigenvalue weighted by atomic mass is 9.96. The zero-order chi connectivity index (χ0) is 47.7. The lowest BCUT2D eigenvalue weighted by Gasteiger charge is -2.48. The van der Waals surface area contributed by atoms with Crippen LogP contribution < -0.4 is 5.32 Å². The van der Waals surface area contributed by atoms with Crippen LogP contribution in [0.4, 0.5) is 0 Å². The Balaban J connectivity index is 1.58. The number of amides is 1. The Morgan fingerprint density at radius 1 is 0.554 bits per heavy atom. The molecule has 17 unspecified atom stereocenters. The summed E-state index contributed by atoms with van der Waals surface area (Å²) in [5.41, 5.74) is 0. The van der Waals surface area contributed by atoms with Crippen LogP contribution >= 0.6 is 0 Å². The molecule has 0 radical (unpaired) electrons. The molecular weight excluding hydrogens is 854 g/mol. The van der Waals surface area contributed by atoms with Crippen LogP contribution in [-0.2, 0) is 33.2 Å². The van der Waals surface area contributed by atoms with E-state index in [-0.39, 0.29) is 18.9 Å². The third-order valence-electron chi connectivity index (χ3n) is 11.6. The van der Waals surface area contributed by atoms with E-state index >= 15 is 0 Å². The minimum Gasteiger partial charge on any atom is -0.394 e. The van der Waals surface area contributed by atoms with Gasteiger partial charge in [0.15, 0.2) is 18.9 Å². The van der Waals surface area contributed by atoms with Crippen molar-refractivity contribution in [3.63, 3.8) is 0 Å². The maximum atomic E-state index is 13.1. The third-order valence-corrected chi connectivity index (χ3v) is 11.6. The van der Waals surface area contributed by atoms with E-state index in [0.29, 0.717) is 12.8 Å². The van der Waals surface area contributed by atoms with Gasteiger partial charge >= 0.3 is 0 Å². The molecule has 3 aliphatic rings.